The smallest absolute Gasteiger partial charge is 0.423 e. The van der Waals surface area contributed by atoms with Crippen LogP contribution in [-0.2, 0) is 25.3 Å². The molecule has 0 fully saturated rings. The number of carbonyl (C=O) groups is 3. The molecule has 0 spiro atoms. The van der Waals surface area contributed by atoms with Crippen molar-refractivity contribution in [3.63, 3.8) is 0 Å². The Bertz CT molecular complexity index is 717. The van der Waals surface area contributed by atoms with E-state index in [0.29, 0.717) is 6.29 Å². The van der Waals surface area contributed by atoms with Crippen LogP contribution in [0.2, 0.25) is 0 Å². The Hall–Kier alpha value is -2.17. The Balaban J connectivity index is 3.01. The van der Waals surface area contributed by atoms with Gasteiger partial charge in [-0.2, -0.15) is 0 Å². The number of primary amides is 1. The number of amides is 1. The molecule has 1 aromatic heterocycles. The first-order chi connectivity index (χ1) is 11.5. The number of phosphoric acid groups is 1. The predicted octanol–water partition coefficient (Wildman–Crippen LogP) is -0.690. The Kier molecular flexibility index (Phi) is 7.34. The highest BCUT2D eigenvalue weighted by Gasteiger charge is 2.23. The number of rotatable bonds is 9. The Morgan fingerprint density at radius 3 is 2.60 bits per heavy atom. The van der Waals surface area contributed by atoms with Crippen molar-refractivity contribution in [3.05, 3.63) is 23.0 Å². The minimum absolute atomic E-state index is 0.0115. The summed E-state index contributed by atoms with van der Waals surface area (Å²) >= 11 is 0. The van der Waals surface area contributed by atoms with E-state index in [9.17, 15) is 18.9 Å². The fourth-order valence-corrected chi connectivity index (χ4v) is 2.07. The topological polar surface area (TPSA) is 192 Å². The quantitative estimate of drug-likeness (QED) is 0.244. The summed E-state index contributed by atoms with van der Waals surface area (Å²) in [6.45, 7) is 0.835. The SMILES string of the molecule is Cc1ncc(COP(=O)(O)O)c(C=O)c1OC(=O)[C@@H](N)CCC(N)=O. The summed E-state index contributed by atoms with van der Waals surface area (Å²) in [5.41, 5.74) is 10.6. The summed E-state index contributed by atoms with van der Waals surface area (Å²) in [4.78, 5) is 55.4. The first-order valence-electron chi connectivity index (χ1n) is 6.94. The van der Waals surface area contributed by atoms with E-state index in [1.165, 1.54) is 13.1 Å². The van der Waals surface area contributed by atoms with Crippen LogP contribution in [0, 0.1) is 6.92 Å². The molecule has 0 radical (unpaired) electrons. The number of phosphoric ester groups is 1. The van der Waals surface area contributed by atoms with E-state index in [1.54, 1.807) is 0 Å². The molecule has 138 valence electrons. The first kappa shape index (κ1) is 20.9. The summed E-state index contributed by atoms with van der Waals surface area (Å²) in [6, 6.07) is -1.15. The van der Waals surface area contributed by atoms with Crippen molar-refractivity contribution >= 4 is 26.0 Å². The summed E-state index contributed by atoms with van der Waals surface area (Å²) in [5, 5.41) is 0. The number of carbonyl (C=O) groups excluding carboxylic acids is 3. The molecule has 0 aliphatic rings. The molecule has 12 heteroatoms. The van der Waals surface area contributed by atoms with Gasteiger partial charge in [0.15, 0.2) is 12.0 Å². The van der Waals surface area contributed by atoms with Gasteiger partial charge in [-0.05, 0) is 13.3 Å². The van der Waals surface area contributed by atoms with Crippen molar-refractivity contribution in [3.8, 4) is 5.75 Å². The van der Waals surface area contributed by atoms with Gasteiger partial charge in [0.05, 0.1) is 17.9 Å². The van der Waals surface area contributed by atoms with E-state index in [1.807, 2.05) is 0 Å². The molecule has 0 aromatic carbocycles. The molecule has 1 atom stereocenters. The number of ether oxygens (including phenoxy) is 1. The van der Waals surface area contributed by atoms with E-state index in [-0.39, 0.29) is 35.4 Å². The largest absolute Gasteiger partial charge is 0.469 e. The highest BCUT2D eigenvalue weighted by Crippen LogP contribution is 2.37. The maximum absolute atomic E-state index is 12.0. The van der Waals surface area contributed by atoms with Crippen molar-refractivity contribution in [2.45, 2.75) is 32.4 Å². The number of aromatic nitrogens is 1. The lowest BCUT2D eigenvalue weighted by molar-refractivity contribution is -0.136. The Morgan fingerprint density at radius 2 is 2.08 bits per heavy atom. The second kappa shape index (κ2) is 8.79. The standard InChI is InChI=1S/C13H18N3O8P/c1-7-12(24-13(19)10(14)2-3-11(15)18)9(5-17)8(4-16-7)6-23-25(20,21)22/h4-5,10H,2-3,6,14H2,1H3,(H2,15,18)(H2,20,21,22)/t10-/m0/s1. The molecule has 1 rings (SSSR count). The van der Waals surface area contributed by atoms with Gasteiger partial charge in [-0.1, -0.05) is 0 Å². The van der Waals surface area contributed by atoms with Crippen molar-refractivity contribution in [2.24, 2.45) is 11.5 Å². The Labute approximate surface area is 142 Å². The van der Waals surface area contributed by atoms with E-state index in [0.717, 1.165) is 0 Å². The van der Waals surface area contributed by atoms with Gasteiger partial charge in [-0.25, -0.2) is 9.36 Å². The minimum Gasteiger partial charge on any atom is -0.423 e. The number of hydrogen-bond donors (Lipinski definition) is 4. The molecule has 0 saturated heterocycles. The molecule has 0 unspecified atom stereocenters. The van der Waals surface area contributed by atoms with Crippen molar-refractivity contribution in [1.29, 1.82) is 0 Å². The average molecular weight is 375 g/mol. The third-order valence-corrected chi connectivity index (χ3v) is 3.51. The van der Waals surface area contributed by atoms with Crippen molar-refractivity contribution in [2.75, 3.05) is 0 Å². The van der Waals surface area contributed by atoms with E-state index < -0.39 is 32.3 Å². The second-order valence-electron chi connectivity index (χ2n) is 5.03. The maximum Gasteiger partial charge on any atom is 0.469 e. The van der Waals surface area contributed by atoms with Crippen LogP contribution in [0.5, 0.6) is 5.75 Å². The molecule has 6 N–H and O–H groups in total. The minimum atomic E-state index is -4.77. The molecular weight excluding hydrogens is 357 g/mol. The fraction of sp³-hybridized carbons (Fsp3) is 0.385. The molecule has 11 nitrogen and oxygen atoms in total. The fourth-order valence-electron chi connectivity index (χ4n) is 1.76. The van der Waals surface area contributed by atoms with Crippen LogP contribution < -0.4 is 16.2 Å². The normalized spacial score (nSPS) is 12.5. The van der Waals surface area contributed by atoms with Crippen LogP contribution >= 0.6 is 7.82 Å². The first-order valence-corrected chi connectivity index (χ1v) is 8.47. The average Bonchev–Trinajstić information content (AvgIpc) is 2.51. The maximum atomic E-state index is 12.0. The zero-order chi connectivity index (χ0) is 19.2. The number of aldehydes is 1. The summed E-state index contributed by atoms with van der Waals surface area (Å²) in [7, 11) is -4.77. The van der Waals surface area contributed by atoms with Crippen LogP contribution in [0.25, 0.3) is 0 Å². The highest BCUT2D eigenvalue weighted by atomic mass is 31.2. The van der Waals surface area contributed by atoms with Crippen LogP contribution in [0.4, 0.5) is 0 Å². The number of hydrogen-bond acceptors (Lipinski definition) is 8. The lowest BCUT2D eigenvalue weighted by atomic mass is 10.1. The van der Waals surface area contributed by atoms with Gasteiger partial charge in [0.2, 0.25) is 5.91 Å². The highest BCUT2D eigenvalue weighted by molar-refractivity contribution is 7.46. The van der Waals surface area contributed by atoms with Crippen LogP contribution in [-0.4, -0.2) is 39.0 Å². The van der Waals surface area contributed by atoms with E-state index >= 15 is 0 Å². The summed E-state index contributed by atoms with van der Waals surface area (Å²) in [6.07, 6.45) is 1.34. The third-order valence-electron chi connectivity index (χ3n) is 3.05. The molecule has 0 saturated carbocycles. The number of nitrogens with zero attached hydrogens (tertiary/aromatic N) is 1. The molecule has 0 aliphatic heterocycles. The monoisotopic (exact) mass is 375 g/mol. The molecule has 0 aliphatic carbocycles. The predicted molar refractivity (Wildman–Crippen MR) is 83.2 cm³/mol. The number of pyridine rings is 1. The molecule has 1 heterocycles. The van der Waals surface area contributed by atoms with Gasteiger partial charge in [-0.3, -0.25) is 19.1 Å². The van der Waals surface area contributed by atoms with Crippen LogP contribution in [0.1, 0.15) is 34.5 Å². The molecular formula is C13H18N3O8P. The summed E-state index contributed by atoms with van der Waals surface area (Å²) in [5.74, 6) is -1.75. The number of nitrogens with two attached hydrogens (primary N) is 2. The van der Waals surface area contributed by atoms with Gasteiger partial charge < -0.3 is 26.0 Å². The number of aryl methyl sites for hydroxylation is 1. The van der Waals surface area contributed by atoms with E-state index in [4.69, 9.17) is 26.0 Å². The van der Waals surface area contributed by atoms with Gasteiger partial charge in [-0.15, -0.1) is 0 Å². The zero-order valence-corrected chi connectivity index (χ0v) is 14.1. The van der Waals surface area contributed by atoms with Gasteiger partial charge in [0, 0.05) is 18.2 Å². The van der Waals surface area contributed by atoms with Gasteiger partial charge >= 0.3 is 13.8 Å². The van der Waals surface area contributed by atoms with Crippen LogP contribution in [0.3, 0.4) is 0 Å². The second-order valence-corrected chi connectivity index (χ2v) is 6.27. The van der Waals surface area contributed by atoms with Gasteiger partial charge in [0.1, 0.15) is 6.04 Å². The molecule has 25 heavy (non-hydrogen) atoms. The zero-order valence-electron chi connectivity index (χ0n) is 13.2. The third kappa shape index (κ3) is 6.69. The lowest BCUT2D eigenvalue weighted by Gasteiger charge is -2.15. The Morgan fingerprint density at radius 1 is 1.44 bits per heavy atom. The lowest BCUT2D eigenvalue weighted by Crippen LogP contribution is -2.35. The molecule has 0 bridgehead atoms. The summed E-state index contributed by atoms with van der Waals surface area (Å²) < 4.78 is 20.2. The van der Waals surface area contributed by atoms with Crippen molar-refractivity contribution < 1.29 is 38.0 Å². The van der Waals surface area contributed by atoms with Crippen LogP contribution in [0.15, 0.2) is 6.20 Å². The molecule has 1 amide bonds. The van der Waals surface area contributed by atoms with Crippen molar-refractivity contribution in [1.82, 2.24) is 4.98 Å². The van der Waals surface area contributed by atoms with E-state index in [2.05, 4.69) is 9.51 Å². The van der Waals surface area contributed by atoms with Gasteiger partial charge in [0.25, 0.3) is 0 Å². The molecule has 1 aromatic rings. The number of esters is 1.